The van der Waals surface area contributed by atoms with E-state index < -0.39 is 0 Å². The molecule has 0 fully saturated rings. The lowest BCUT2D eigenvalue weighted by atomic mass is 9.89. The number of nitrogens with zero attached hydrogens (tertiary/aromatic N) is 1. The first-order valence-corrected chi connectivity index (χ1v) is 9.76. The quantitative estimate of drug-likeness (QED) is 0.285. The summed E-state index contributed by atoms with van der Waals surface area (Å²) in [5.74, 6) is 1.27. The van der Waals surface area contributed by atoms with Crippen LogP contribution in [-0.4, -0.2) is 37.0 Å². The first kappa shape index (κ1) is 24.5. The van der Waals surface area contributed by atoms with Gasteiger partial charge in [0, 0.05) is 24.3 Å². The van der Waals surface area contributed by atoms with Crippen LogP contribution < -0.4 is 10.6 Å². The zero-order valence-corrected chi connectivity index (χ0v) is 18.7. The highest BCUT2D eigenvalue weighted by Gasteiger charge is 2.21. The van der Waals surface area contributed by atoms with Crippen molar-refractivity contribution in [3.8, 4) is 0 Å². The number of halogens is 2. The summed E-state index contributed by atoms with van der Waals surface area (Å²) in [5.41, 5.74) is 1.84. The largest absolute Gasteiger partial charge is 0.396 e. The molecule has 1 unspecified atom stereocenters. The average Bonchev–Trinajstić information content (AvgIpc) is 2.58. The minimum Gasteiger partial charge on any atom is -0.396 e. The van der Waals surface area contributed by atoms with Crippen LogP contribution in [0.5, 0.6) is 0 Å². The number of nitrogens with one attached hydrogen (secondary N) is 2. The lowest BCUT2D eigenvalue weighted by Crippen LogP contribution is -2.43. The van der Waals surface area contributed by atoms with Crippen molar-refractivity contribution >= 4 is 41.7 Å². The van der Waals surface area contributed by atoms with E-state index in [2.05, 4.69) is 22.5 Å². The standard InChI is InChI=1S/C18H30FN3OS.HI/c1-5-18(3,13-23)12-22-17(20-6-2)21-10-14-7-8-16(19)9-15(14)11-24-4;/h7-9,23H,5-6,10-13H2,1-4H3,(H2,20,21,22);1H. The van der Waals surface area contributed by atoms with Crippen LogP contribution >= 0.6 is 35.7 Å². The van der Waals surface area contributed by atoms with Crippen molar-refractivity contribution in [1.29, 1.82) is 0 Å². The minimum atomic E-state index is -0.210. The monoisotopic (exact) mass is 483 g/mol. The summed E-state index contributed by atoms with van der Waals surface area (Å²) < 4.78 is 13.4. The predicted molar refractivity (Wildman–Crippen MR) is 117 cm³/mol. The van der Waals surface area contributed by atoms with Gasteiger partial charge < -0.3 is 15.7 Å². The van der Waals surface area contributed by atoms with Gasteiger partial charge in [-0.3, -0.25) is 0 Å². The fraction of sp³-hybridized carbons (Fsp3) is 0.611. The highest BCUT2D eigenvalue weighted by Crippen LogP contribution is 2.19. The number of hydrogen-bond acceptors (Lipinski definition) is 3. The molecule has 0 amide bonds. The molecule has 1 aromatic rings. The molecule has 0 bridgehead atoms. The second kappa shape index (κ2) is 12.8. The lowest BCUT2D eigenvalue weighted by Gasteiger charge is -2.26. The van der Waals surface area contributed by atoms with E-state index in [0.717, 1.165) is 29.8 Å². The first-order chi connectivity index (χ1) is 11.5. The number of aliphatic imine (C=N–C) groups is 1. The number of guanidine groups is 1. The zero-order valence-electron chi connectivity index (χ0n) is 15.6. The predicted octanol–water partition coefficient (Wildman–Crippen LogP) is 3.77. The Balaban J connectivity index is 0.00000576. The number of thioether (sulfide) groups is 1. The highest BCUT2D eigenvalue weighted by molar-refractivity contribution is 14.0. The molecule has 0 saturated heterocycles. The second-order valence-corrected chi connectivity index (χ2v) is 7.08. The summed E-state index contributed by atoms with van der Waals surface area (Å²) in [6.45, 7) is 8.15. The molecule has 1 aromatic carbocycles. The topological polar surface area (TPSA) is 56.7 Å². The Labute approximate surface area is 172 Å². The summed E-state index contributed by atoms with van der Waals surface area (Å²) in [7, 11) is 0. The van der Waals surface area contributed by atoms with Crippen molar-refractivity contribution in [2.24, 2.45) is 10.4 Å². The summed E-state index contributed by atoms with van der Waals surface area (Å²) in [5, 5.41) is 16.0. The van der Waals surface area contributed by atoms with Crippen molar-refractivity contribution in [2.45, 2.75) is 39.5 Å². The molecule has 1 atom stereocenters. The molecule has 0 aliphatic carbocycles. The summed E-state index contributed by atoms with van der Waals surface area (Å²) in [4.78, 5) is 4.61. The van der Waals surface area contributed by atoms with E-state index in [4.69, 9.17) is 0 Å². The van der Waals surface area contributed by atoms with Gasteiger partial charge in [0.15, 0.2) is 5.96 Å². The van der Waals surface area contributed by atoms with Gasteiger partial charge in [-0.1, -0.05) is 19.9 Å². The third kappa shape index (κ3) is 8.59. The Kier molecular flexibility index (Phi) is 12.5. The molecular weight excluding hydrogens is 452 g/mol. The van der Waals surface area contributed by atoms with Gasteiger partial charge >= 0.3 is 0 Å². The van der Waals surface area contributed by atoms with E-state index in [0.29, 0.717) is 19.0 Å². The molecule has 1 rings (SSSR count). The van der Waals surface area contributed by atoms with Crippen molar-refractivity contribution in [3.05, 3.63) is 35.1 Å². The molecule has 0 aromatic heterocycles. The normalized spacial score (nSPS) is 13.8. The van der Waals surface area contributed by atoms with Crippen LogP contribution in [-0.2, 0) is 12.3 Å². The molecule has 0 radical (unpaired) electrons. The van der Waals surface area contributed by atoms with Crippen molar-refractivity contribution in [1.82, 2.24) is 10.6 Å². The smallest absolute Gasteiger partial charge is 0.191 e. The molecule has 0 aliphatic heterocycles. The SMILES string of the molecule is CCNC(=NCc1ccc(F)cc1CSC)NCC(C)(CC)CO.I. The molecule has 7 heteroatoms. The highest BCUT2D eigenvalue weighted by atomic mass is 127. The summed E-state index contributed by atoms with van der Waals surface area (Å²) in [6, 6.07) is 4.87. The van der Waals surface area contributed by atoms with Gasteiger partial charge in [-0.2, -0.15) is 11.8 Å². The lowest BCUT2D eigenvalue weighted by molar-refractivity contribution is 0.140. The molecule has 3 N–H and O–H groups in total. The molecule has 4 nitrogen and oxygen atoms in total. The molecule has 0 saturated carbocycles. The Morgan fingerprint density at radius 2 is 2.00 bits per heavy atom. The van der Waals surface area contributed by atoms with Gasteiger partial charge in [0.2, 0.25) is 0 Å². The maximum Gasteiger partial charge on any atom is 0.191 e. The fourth-order valence-electron chi connectivity index (χ4n) is 2.13. The maximum atomic E-state index is 13.4. The van der Waals surface area contributed by atoms with E-state index >= 15 is 0 Å². The van der Waals surface area contributed by atoms with E-state index in [1.54, 1.807) is 23.9 Å². The van der Waals surface area contributed by atoms with Gasteiger partial charge in [0.1, 0.15) is 5.82 Å². The van der Waals surface area contributed by atoms with Crippen LogP contribution in [0.1, 0.15) is 38.3 Å². The Hall–Kier alpha value is -0.540. The van der Waals surface area contributed by atoms with Crippen LogP contribution in [0, 0.1) is 11.2 Å². The Morgan fingerprint density at radius 3 is 2.56 bits per heavy atom. The third-order valence-corrected chi connectivity index (χ3v) is 4.74. The maximum absolute atomic E-state index is 13.4. The van der Waals surface area contributed by atoms with E-state index in [9.17, 15) is 9.50 Å². The van der Waals surface area contributed by atoms with Crippen molar-refractivity contribution < 1.29 is 9.50 Å². The van der Waals surface area contributed by atoms with E-state index in [1.165, 1.54) is 6.07 Å². The van der Waals surface area contributed by atoms with Crippen LogP contribution in [0.2, 0.25) is 0 Å². The first-order valence-electron chi connectivity index (χ1n) is 8.37. The second-order valence-electron chi connectivity index (χ2n) is 6.22. The molecule has 0 spiro atoms. The Bertz CT molecular complexity index is 539. The molecule has 0 aliphatic rings. The summed E-state index contributed by atoms with van der Waals surface area (Å²) >= 11 is 1.67. The number of rotatable bonds is 9. The van der Waals surface area contributed by atoms with Crippen LogP contribution in [0.3, 0.4) is 0 Å². The van der Waals surface area contributed by atoms with E-state index in [-0.39, 0.29) is 41.8 Å². The van der Waals surface area contributed by atoms with Gasteiger partial charge in [-0.15, -0.1) is 24.0 Å². The van der Waals surface area contributed by atoms with Gasteiger partial charge in [-0.05, 0) is 42.9 Å². The van der Waals surface area contributed by atoms with Crippen LogP contribution in [0.4, 0.5) is 4.39 Å². The van der Waals surface area contributed by atoms with Gasteiger partial charge in [-0.25, -0.2) is 9.38 Å². The van der Waals surface area contributed by atoms with Crippen LogP contribution in [0.25, 0.3) is 0 Å². The molecular formula is C18H31FIN3OS. The van der Waals surface area contributed by atoms with Crippen molar-refractivity contribution in [3.63, 3.8) is 0 Å². The molecule has 0 heterocycles. The fourth-order valence-corrected chi connectivity index (χ4v) is 2.71. The minimum absolute atomic E-state index is 0. The molecule has 25 heavy (non-hydrogen) atoms. The number of aliphatic hydroxyl groups is 1. The number of hydrogen-bond donors (Lipinski definition) is 3. The van der Waals surface area contributed by atoms with Crippen LogP contribution in [0.15, 0.2) is 23.2 Å². The van der Waals surface area contributed by atoms with E-state index in [1.807, 2.05) is 20.1 Å². The zero-order chi connectivity index (χ0) is 18.0. The number of benzene rings is 1. The van der Waals surface area contributed by atoms with Gasteiger partial charge in [0.05, 0.1) is 13.2 Å². The van der Waals surface area contributed by atoms with Crippen molar-refractivity contribution in [2.75, 3.05) is 26.0 Å². The average molecular weight is 483 g/mol. The summed E-state index contributed by atoms with van der Waals surface area (Å²) in [6.07, 6.45) is 2.88. The Morgan fingerprint density at radius 1 is 1.28 bits per heavy atom. The number of aliphatic hydroxyl groups excluding tert-OH is 1. The van der Waals surface area contributed by atoms with Gasteiger partial charge in [0.25, 0.3) is 0 Å². The third-order valence-electron chi connectivity index (χ3n) is 4.14. The molecule has 144 valence electrons.